The Kier molecular flexibility index (Phi) is 4.31. The molecule has 0 saturated heterocycles. The highest BCUT2D eigenvalue weighted by Gasteiger charge is 2.15. The average molecular weight is 254 g/mol. The minimum Gasteiger partial charge on any atom is -0.324 e. The zero-order valence-electron chi connectivity index (χ0n) is 11.0. The summed E-state index contributed by atoms with van der Waals surface area (Å²) in [4.78, 5) is 12.0. The van der Waals surface area contributed by atoms with Crippen LogP contribution in [0.25, 0.3) is 0 Å². The second-order valence-corrected chi connectivity index (χ2v) is 4.43. The van der Waals surface area contributed by atoms with E-state index in [-0.39, 0.29) is 5.91 Å². The van der Waals surface area contributed by atoms with Gasteiger partial charge in [0.05, 0.1) is 0 Å². The first-order valence-electron chi connectivity index (χ1n) is 6.41. The minimum atomic E-state index is -0.646. The van der Waals surface area contributed by atoms with Crippen molar-refractivity contribution >= 4 is 11.6 Å². The summed E-state index contributed by atoms with van der Waals surface area (Å²) < 4.78 is 0. The fourth-order valence-electron chi connectivity index (χ4n) is 1.86. The Morgan fingerprint density at radius 3 is 2.32 bits per heavy atom. The normalized spacial score (nSPS) is 11.9. The molecule has 1 amide bonds. The van der Waals surface area contributed by atoms with Crippen LogP contribution in [0.5, 0.6) is 0 Å². The summed E-state index contributed by atoms with van der Waals surface area (Å²) in [7, 11) is 0. The lowest BCUT2D eigenvalue weighted by atomic mass is 10.1. The predicted molar refractivity (Wildman–Crippen MR) is 77.8 cm³/mol. The number of carbonyl (C=O) groups excluding carboxylic acids is 1. The number of nitrogens with two attached hydrogens (primary N) is 1. The van der Waals surface area contributed by atoms with Gasteiger partial charge in [-0.2, -0.15) is 0 Å². The molecule has 0 fully saturated rings. The average Bonchev–Trinajstić information content (AvgIpc) is 2.48. The van der Waals surface area contributed by atoms with Gasteiger partial charge in [-0.15, -0.1) is 0 Å². The highest BCUT2D eigenvalue weighted by atomic mass is 16.2. The molecular weight excluding hydrogens is 236 g/mol. The van der Waals surface area contributed by atoms with Gasteiger partial charge in [-0.3, -0.25) is 4.79 Å². The van der Waals surface area contributed by atoms with Crippen LogP contribution in [0.15, 0.2) is 54.6 Å². The Morgan fingerprint density at radius 2 is 1.74 bits per heavy atom. The Morgan fingerprint density at radius 1 is 1.11 bits per heavy atom. The topological polar surface area (TPSA) is 55.1 Å². The summed E-state index contributed by atoms with van der Waals surface area (Å²) in [5.74, 6) is -0.199. The Labute approximate surface area is 113 Å². The number of nitrogens with one attached hydrogen (secondary N) is 1. The molecule has 0 unspecified atom stereocenters. The number of carbonyl (C=O) groups is 1. The van der Waals surface area contributed by atoms with Gasteiger partial charge in [-0.25, -0.2) is 0 Å². The third kappa shape index (κ3) is 3.42. The van der Waals surface area contributed by atoms with E-state index in [2.05, 4.69) is 12.2 Å². The molecule has 0 aliphatic rings. The minimum absolute atomic E-state index is 0.199. The van der Waals surface area contributed by atoms with Crippen LogP contribution in [0.3, 0.4) is 0 Å². The molecule has 1 atom stereocenters. The van der Waals surface area contributed by atoms with E-state index in [1.54, 1.807) is 0 Å². The van der Waals surface area contributed by atoms with Crippen molar-refractivity contribution in [2.75, 3.05) is 5.32 Å². The van der Waals surface area contributed by atoms with E-state index < -0.39 is 6.04 Å². The van der Waals surface area contributed by atoms with Crippen LogP contribution >= 0.6 is 0 Å². The van der Waals surface area contributed by atoms with E-state index in [9.17, 15) is 4.79 Å². The van der Waals surface area contributed by atoms with E-state index in [4.69, 9.17) is 5.73 Å². The zero-order chi connectivity index (χ0) is 13.7. The first kappa shape index (κ1) is 13.3. The van der Waals surface area contributed by atoms with E-state index in [1.807, 2.05) is 54.6 Å². The molecule has 0 aliphatic heterocycles. The molecule has 3 N–H and O–H groups in total. The molecule has 0 radical (unpaired) electrons. The SMILES string of the molecule is CCc1ccc(NC(=O)[C@@H](N)c2ccccc2)cc1. The lowest BCUT2D eigenvalue weighted by Gasteiger charge is -2.12. The van der Waals surface area contributed by atoms with Gasteiger partial charge in [0.2, 0.25) is 5.91 Å². The molecule has 0 saturated carbocycles. The van der Waals surface area contributed by atoms with Crippen LogP contribution in [0.1, 0.15) is 24.1 Å². The van der Waals surface area contributed by atoms with Crippen molar-refractivity contribution < 1.29 is 4.79 Å². The maximum absolute atomic E-state index is 12.0. The summed E-state index contributed by atoms with van der Waals surface area (Å²) >= 11 is 0. The molecule has 0 aromatic heterocycles. The molecular formula is C16H18N2O. The molecule has 3 heteroatoms. The van der Waals surface area contributed by atoms with E-state index in [0.29, 0.717) is 0 Å². The fraction of sp³-hybridized carbons (Fsp3) is 0.188. The van der Waals surface area contributed by atoms with Gasteiger partial charge in [-0.05, 0) is 29.7 Å². The monoisotopic (exact) mass is 254 g/mol. The molecule has 3 nitrogen and oxygen atoms in total. The van der Waals surface area contributed by atoms with Crippen LogP contribution < -0.4 is 11.1 Å². The molecule has 0 spiro atoms. The number of hydrogen-bond donors (Lipinski definition) is 2. The molecule has 0 aliphatic carbocycles. The molecule has 0 heterocycles. The largest absolute Gasteiger partial charge is 0.324 e. The smallest absolute Gasteiger partial charge is 0.245 e. The first-order valence-corrected chi connectivity index (χ1v) is 6.41. The lowest BCUT2D eigenvalue weighted by Crippen LogP contribution is -2.27. The van der Waals surface area contributed by atoms with Gasteiger partial charge in [0.15, 0.2) is 0 Å². The highest BCUT2D eigenvalue weighted by molar-refractivity contribution is 5.95. The van der Waals surface area contributed by atoms with Crippen molar-refractivity contribution in [2.24, 2.45) is 5.73 Å². The number of benzene rings is 2. The van der Waals surface area contributed by atoms with Crippen molar-refractivity contribution in [3.8, 4) is 0 Å². The Balaban J connectivity index is 2.04. The molecule has 2 aromatic rings. The van der Waals surface area contributed by atoms with Crippen LogP contribution in [0, 0.1) is 0 Å². The molecule has 98 valence electrons. The number of aryl methyl sites for hydroxylation is 1. The first-order chi connectivity index (χ1) is 9.20. The second-order valence-electron chi connectivity index (χ2n) is 4.43. The maximum Gasteiger partial charge on any atom is 0.245 e. The summed E-state index contributed by atoms with van der Waals surface area (Å²) in [5.41, 5.74) is 8.75. The summed E-state index contributed by atoms with van der Waals surface area (Å²) in [5, 5.41) is 2.83. The molecule has 19 heavy (non-hydrogen) atoms. The second kappa shape index (κ2) is 6.16. The van der Waals surface area contributed by atoms with Gasteiger partial charge in [0.1, 0.15) is 6.04 Å². The van der Waals surface area contributed by atoms with Gasteiger partial charge >= 0.3 is 0 Å². The van der Waals surface area contributed by atoms with Crippen LogP contribution in [0.2, 0.25) is 0 Å². The number of anilines is 1. The Bertz CT molecular complexity index is 534. The quantitative estimate of drug-likeness (QED) is 0.881. The zero-order valence-corrected chi connectivity index (χ0v) is 11.0. The van der Waals surface area contributed by atoms with Crippen molar-refractivity contribution in [1.29, 1.82) is 0 Å². The standard InChI is InChI=1S/C16H18N2O/c1-2-12-8-10-14(11-9-12)18-16(19)15(17)13-6-4-3-5-7-13/h3-11,15H,2,17H2,1H3,(H,18,19)/t15-/m0/s1. The number of rotatable bonds is 4. The lowest BCUT2D eigenvalue weighted by molar-refractivity contribution is -0.117. The third-order valence-corrected chi connectivity index (χ3v) is 3.07. The summed E-state index contributed by atoms with van der Waals surface area (Å²) in [6, 6.07) is 16.5. The third-order valence-electron chi connectivity index (χ3n) is 3.07. The molecule has 2 rings (SSSR count). The van der Waals surface area contributed by atoms with Crippen LogP contribution in [-0.4, -0.2) is 5.91 Å². The van der Waals surface area contributed by atoms with Crippen molar-refractivity contribution in [2.45, 2.75) is 19.4 Å². The number of amides is 1. The van der Waals surface area contributed by atoms with Gasteiger partial charge in [0.25, 0.3) is 0 Å². The van der Waals surface area contributed by atoms with Crippen LogP contribution in [-0.2, 0) is 11.2 Å². The summed E-state index contributed by atoms with van der Waals surface area (Å²) in [6.45, 7) is 2.10. The van der Waals surface area contributed by atoms with E-state index in [1.165, 1.54) is 5.56 Å². The summed E-state index contributed by atoms with van der Waals surface area (Å²) in [6.07, 6.45) is 0.984. The van der Waals surface area contributed by atoms with Gasteiger partial charge in [-0.1, -0.05) is 49.4 Å². The van der Waals surface area contributed by atoms with Gasteiger partial charge < -0.3 is 11.1 Å². The van der Waals surface area contributed by atoms with E-state index >= 15 is 0 Å². The highest BCUT2D eigenvalue weighted by Crippen LogP contribution is 2.14. The van der Waals surface area contributed by atoms with Crippen molar-refractivity contribution in [1.82, 2.24) is 0 Å². The van der Waals surface area contributed by atoms with Crippen molar-refractivity contribution in [3.63, 3.8) is 0 Å². The Hall–Kier alpha value is -2.13. The van der Waals surface area contributed by atoms with Crippen LogP contribution in [0.4, 0.5) is 5.69 Å². The molecule has 0 bridgehead atoms. The predicted octanol–water partition coefficient (Wildman–Crippen LogP) is 2.89. The maximum atomic E-state index is 12.0. The molecule has 2 aromatic carbocycles. The number of hydrogen-bond acceptors (Lipinski definition) is 2. The van der Waals surface area contributed by atoms with Gasteiger partial charge in [0, 0.05) is 5.69 Å². The fourth-order valence-corrected chi connectivity index (χ4v) is 1.86. The van der Waals surface area contributed by atoms with E-state index in [0.717, 1.165) is 17.7 Å². The van der Waals surface area contributed by atoms with Crippen molar-refractivity contribution in [3.05, 3.63) is 65.7 Å².